The third-order valence-electron chi connectivity index (χ3n) is 7.37. The molecule has 2 amide bonds. The van der Waals surface area contributed by atoms with E-state index in [0.29, 0.717) is 50.8 Å². The molecule has 184 valence electrons. The Bertz CT molecular complexity index is 1180. The van der Waals surface area contributed by atoms with Crippen molar-refractivity contribution in [2.24, 2.45) is 5.41 Å². The molecule has 2 N–H and O–H groups in total. The second-order valence-corrected chi connectivity index (χ2v) is 9.65. The number of aromatic amines is 1. The zero-order valence-electron chi connectivity index (χ0n) is 20.1. The molecule has 0 saturated carbocycles. The number of carbonyl (C=O) groups is 2. The molecule has 7 nitrogen and oxygen atoms in total. The first-order valence-electron chi connectivity index (χ1n) is 12.6. The summed E-state index contributed by atoms with van der Waals surface area (Å²) in [6.07, 6.45) is 6.65. The van der Waals surface area contributed by atoms with Gasteiger partial charge in [0.2, 0.25) is 0 Å². The molecular formula is C28H33N3O4. The van der Waals surface area contributed by atoms with Gasteiger partial charge >= 0.3 is 0 Å². The summed E-state index contributed by atoms with van der Waals surface area (Å²) in [4.78, 5) is 31.2. The van der Waals surface area contributed by atoms with Crippen molar-refractivity contribution in [3.05, 3.63) is 65.9 Å². The predicted octanol–water partition coefficient (Wildman–Crippen LogP) is 4.40. The predicted molar refractivity (Wildman–Crippen MR) is 135 cm³/mol. The summed E-state index contributed by atoms with van der Waals surface area (Å²) in [5.74, 6) is 0.540. The number of H-pyrrole nitrogens is 1. The van der Waals surface area contributed by atoms with Crippen LogP contribution in [0.2, 0.25) is 0 Å². The zero-order chi connectivity index (χ0) is 24.1. The molecule has 3 aromatic rings. The molecule has 0 radical (unpaired) electrons. The van der Waals surface area contributed by atoms with E-state index in [2.05, 4.69) is 10.3 Å². The summed E-state index contributed by atoms with van der Waals surface area (Å²) in [5, 5.41) is 3.97. The topological polar surface area (TPSA) is 83.7 Å². The molecule has 0 aliphatic carbocycles. The lowest BCUT2D eigenvalue weighted by Crippen LogP contribution is -2.45. The van der Waals surface area contributed by atoms with Crippen molar-refractivity contribution in [1.82, 2.24) is 15.2 Å². The minimum Gasteiger partial charge on any atom is -0.492 e. The van der Waals surface area contributed by atoms with Gasteiger partial charge in [-0.1, -0.05) is 30.7 Å². The highest BCUT2D eigenvalue weighted by Crippen LogP contribution is 2.38. The highest BCUT2D eigenvalue weighted by Gasteiger charge is 2.37. The zero-order valence-corrected chi connectivity index (χ0v) is 20.1. The maximum atomic E-state index is 13.4. The minimum absolute atomic E-state index is 0.0388. The number of hydrogen-bond acceptors (Lipinski definition) is 4. The molecule has 1 fully saturated rings. The number of nitrogens with zero attached hydrogens (tertiary/aromatic N) is 1. The largest absolute Gasteiger partial charge is 0.492 e. The maximum Gasteiger partial charge on any atom is 0.255 e. The van der Waals surface area contributed by atoms with E-state index in [1.165, 1.54) is 0 Å². The fourth-order valence-corrected chi connectivity index (χ4v) is 5.23. The number of nitrogens with one attached hydrogen (secondary N) is 2. The fourth-order valence-electron chi connectivity index (χ4n) is 5.23. The van der Waals surface area contributed by atoms with Crippen LogP contribution in [0.5, 0.6) is 5.75 Å². The van der Waals surface area contributed by atoms with Gasteiger partial charge in [-0.25, -0.2) is 0 Å². The van der Waals surface area contributed by atoms with Crippen LogP contribution in [0.3, 0.4) is 0 Å². The summed E-state index contributed by atoms with van der Waals surface area (Å²) in [7, 11) is 0. The van der Waals surface area contributed by atoms with Crippen LogP contribution in [-0.4, -0.2) is 61.2 Å². The Labute approximate surface area is 205 Å². The van der Waals surface area contributed by atoms with Crippen molar-refractivity contribution in [3.63, 3.8) is 0 Å². The molecular weight excluding hydrogens is 442 g/mol. The molecule has 2 aliphatic rings. The van der Waals surface area contributed by atoms with E-state index in [9.17, 15) is 9.59 Å². The van der Waals surface area contributed by atoms with E-state index < -0.39 is 0 Å². The van der Waals surface area contributed by atoms with Crippen LogP contribution in [0, 0.1) is 5.41 Å². The first kappa shape index (κ1) is 23.4. The lowest BCUT2D eigenvalue weighted by molar-refractivity contribution is 0.0342. The number of ether oxygens (including phenoxy) is 2. The summed E-state index contributed by atoms with van der Waals surface area (Å²) in [6.45, 7) is 3.60. The third-order valence-corrected chi connectivity index (χ3v) is 7.37. The molecule has 7 heteroatoms. The molecule has 1 aromatic heterocycles. The molecule has 0 atom stereocenters. The molecule has 5 rings (SSSR count). The van der Waals surface area contributed by atoms with Crippen molar-refractivity contribution in [2.45, 2.75) is 32.1 Å². The van der Waals surface area contributed by atoms with Crippen LogP contribution in [0.1, 0.15) is 52.8 Å². The van der Waals surface area contributed by atoms with Gasteiger partial charge in [0.05, 0.1) is 29.9 Å². The van der Waals surface area contributed by atoms with Gasteiger partial charge < -0.3 is 24.7 Å². The molecule has 35 heavy (non-hydrogen) atoms. The SMILES string of the molecule is O=C1NCCOCCCCC2(CCN(C(=O)c3cccc4cc[nH]c34)CC2)COc2ccccc21. The van der Waals surface area contributed by atoms with Crippen molar-refractivity contribution >= 4 is 22.7 Å². The number of carbonyl (C=O) groups excluding carboxylic acids is 2. The van der Waals surface area contributed by atoms with Gasteiger partial charge in [0.25, 0.3) is 11.8 Å². The molecule has 0 bridgehead atoms. The Hall–Kier alpha value is -3.32. The van der Waals surface area contributed by atoms with Crippen LogP contribution < -0.4 is 10.1 Å². The summed E-state index contributed by atoms with van der Waals surface area (Å²) < 4.78 is 12.0. The van der Waals surface area contributed by atoms with Crippen molar-refractivity contribution in [2.75, 3.05) is 39.5 Å². The minimum atomic E-state index is -0.144. The van der Waals surface area contributed by atoms with Crippen molar-refractivity contribution < 1.29 is 19.1 Å². The van der Waals surface area contributed by atoms with Crippen molar-refractivity contribution in [1.29, 1.82) is 0 Å². The highest BCUT2D eigenvalue weighted by atomic mass is 16.5. The van der Waals surface area contributed by atoms with Crippen LogP contribution in [-0.2, 0) is 4.74 Å². The van der Waals surface area contributed by atoms with Gasteiger partial charge in [-0.2, -0.15) is 0 Å². The molecule has 0 unspecified atom stereocenters. The average Bonchev–Trinajstić information content (AvgIpc) is 3.38. The van der Waals surface area contributed by atoms with Crippen LogP contribution in [0.15, 0.2) is 54.7 Å². The van der Waals surface area contributed by atoms with E-state index >= 15 is 0 Å². The number of fused-ring (bicyclic) bond motifs is 2. The maximum absolute atomic E-state index is 13.4. The summed E-state index contributed by atoms with van der Waals surface area (Å²) in [5.41, 5.74) is 2.13. The Morgan fingerprint density at radius 2 is 1.80 bits per heavy atom. The standard InChI is InChI=1S/C28H33N3O4/c32-26-22-7-1-2-9-24(22)35-20-28(11-3-4-18-34-19-15-30-26)12-16-31(17-13-28)27(33)23-8-5-6-21-10-14-29-25(21)23/h1-2,5-10,14,29H,3-4,11-13,15-20H2,(H,30,32). The fraction of sp³-hybridized carbons (Fsp3) is 0.429. The normalized spacial score (nSPS) is 19.4. The van der Waals surface area contributed by atoms with Crippen molar-refractivity contribution in [3.8, 4) is 5.75 Å². The number of piperidine rings is 1. The Balaban J connectivity index is 1.31. The number of benzene rings is 2. The third kappa shape index (κ3) is 5.20. The highest BCUT2D eigenvalue weighted by molar-refractivity contribution is 6.05. The number of likely N-dealkylation sites (tertiary alicyclic amines) is 1. The summed E-state index contributed by atoms with van der Waals surface area (Å²) in [6, 6.07) is 15.3. The lowest BCUT2D eigenvalue weighted by atomic mass is 9.75. The van der Waals surface area contributed by atoms with Crippen LogP contribution in [0.25, 0.3) is 10.9 Å². The molecule has 2 aliphatic heterocycles. The molecule has 1 saturated heterocycles. The number of hydrogen-bond donors (Lipinski definition) is 2. The Morgan fingerprint density at radius 3 is 2.69 bits per heavy atom. The van der Waals surface area contributed by atoms with E-state index in [1.807, 2.05) is 53.6 Å². The second-order valence-electron chi connectivity index (χ2n) is 9.65. The van der Waals surface area contributed by atoms with Gasteiger partial charge in [0.1, 0.15) is 5.75 Å². The van der Waals surface area contributed by atoms with Crippen LogP contribution in [0.4, 0.5) is 0 Å². The van der Waals surface area contributed by atoms with Gasteiger partial charge in [-0.05, 0) is 49.9 Å². The van der Waals surface area contributed by atoms with E-state index in [4.69, 9.17) is 9.47 Å². The van der Waals surface area contributed by atoms with E-state index in [-0.39, 0.29) is 17.2 Å². The Morgan fingerprint density at radius 1 is 0.943 bits per heavy atom. The molecule has 2 aromatic carbocycles. The van der Waals surface area contributed by atoms with Crippen LogP contribution >= 0.6 is 0 Å². The number of aromatic nitrogens is 1. The number of rotatable bonds is 1. The molecule has 1 spiro atoms. The second kappa shape index (κ2) is 10.5. The van der Waals surface area contributed by atoms with Gasteiger partial charge in [0.15, 0.2) is 0 Å². The summed E-state index contributed by atoms with van der Waals surface area (Å²) >= 11 is 0. The molecule has 3 heterocycles. The average molecular weight is 476 g/mol. The smallest absolute Gasteiger partial charge is 0.255 e. The number of amides is 2. The van der Waals surface area contributed by atoms with E-state index in [1.54, 1.807) is 6.07 Å². The first-order valence-corrected chi connectivity index (χ1v) is 12.6. The van der Waals surface area contributed by atoms with E-state index in [0.717, 1.165) is 48.6 Å². The monoisotopic (exact) mass is 475 g/mol. The van der Waals surface area contributed by atoms with Gasteiger partial charge in [-0.3, -0.25) is 9.59 Å². The lowest BCUT2D eigenvalue weighted by Gasteiger charge is -2.42. The number of para-hydroxylation sites is 2. The van der Waals surface area contributed by atoms with Gasteiger partial charge in [0, 0.05) is 43.2 Å². The Kier molecular flexibility index (Phi) is 7.04. The first-order chi connectivity index (χ1) is 17.2. The quantitative estimate of drug-likeness (QED) is 0.547. The van der Waals surface area contributed by atoms with Gasteiger partial charge in [-0.15, -0.1) is 0 Å².